The van der Waals surface area contributed by atoms with E-state index in [2.05, 4.69) is 32.7 Å². The van der Waals surface area contributed by atoms with Gasteiger partial charge < -0.3 is 4.74 Å². The van der Waals surface area contributed by atoms with E-state index in [1.54, 1.807) is 0 Å². The summed E-state index contributed by atoms with van der Waals surface area (Å²) in [5, 5.41) is 0. The Labute approximate surface area is 94.1 Å². The van der Waals surface area contributed by atoms with Crippen molar-refractivity contribution in [1.29, 1.82) is 0 Å². The van der Waals surface area contributed by atoms with Crippen LogP contribution in [-0.4, -0.2) is 18.0 Å². The third-order valence-corrected chi connectivity index (χ3v) is 3.15. The van der Waals surface area contributed by atoms with Crippen molar-refractivity contribution in [1.82, 2.24) is 0 Å². The molecule has 0 amide bonds. The molecule has 0 saturated heterocycles. The monoisotopic (exact) mass is 211 g/mol. The number of hydrogen-bond donors (Lipinski definition) is 0. The fraction of sp³-hybridized carbons (Fsp3) is 0.923. The fourth-order valence-electron chi connectivity index (χ4n) is 2.05. The summed E-state index contributed by atoms with van der Waals surface area (Å²) >= 11 is 0. The minimum atomic E-state index is 0.0953. The molecule has 0 radical (unpaired) electrons. The topological polar surface area (TPSA) is 21.6 Å². The zero-order valence-electron chi connectivity index (χ0n) is 10.7. The molecule has 0 bridgehead atoms. The quantitative estimate of drug-likeness (QED) is 0.678. The zero-order valence-corrected chi connectivity index (χ0v) is 10.7. The standard InChI is InChI=1S/C13H25NO/c1-5-7-11(6-2)10-12-14-13(3,4)8-9-15-12/h11H,5-10H2,1-4H3. The Bertz CT molecular complexity index is 221. The number of ether oxygens (including phenoxy) is 1. The van der Waals surface area contributed by atoms with Crippen LogP contribution < -0.4 is 0 Å². The van der Waals surface area contributed by atoms with Crippen LogP contribution in [0.1, 0.15) is 59.8 Å². The highest BCUT2D eigenvalue weighted by molar-refractivity contribution is 5.77. The third-order valence-electron chi connectivity index (χ3n) is 3.15. The molecule has 15 heavy (non-hydrogen) atoms. The van der Waals surface area contributed by atoms with Gasteiger partial charge in [0.2, 0.25) is 0 Å². The average molecular weight is 211 g/mol. The van der Waals surface area contributed by atoms with Crippen molar-refractivity contribution in [3.63, 3.8) is 0 Å². The van der Waals surface area contributed by atoms with Gasteiger partial charge in [-0.2, -0.15) is 0 Å². The predicted octanol–water partition coefficient (Wildman–Crippen LogP) is 3.80. The van der Waals surface area contributed by atoms with Gasteiger partial charge in [0.05, 0.1) is 12.1 Å². The summed E-state index contributed by atoms with van der Waals surface area (Å²) in [4.78, 5) is 4.68. The van der Waals surface area contributed by atoms with Crippen molar-refractivity contribution in [2.24, 2.45) is 10.9 Å². The fourth-order valence-corrected chi connectivity index (χ4v) is 2.05. The summed E-state index contributed by atoms with van der Waals surface area (Å²) in [6, 6.07) is 0. The highest BCUT2D eigenvalue weighted by Gasteiger charge is 2.24. The van der Waals surface area contributed by atoms with Crippen LogP contribution in [0.4, 0.5) is 0 Å². The summed E-state index contributed by atoms with van der Waals surface area (Å²) < 4.78 is 5.64. The second kappa shape index (κ2) is 5.53. The summed E-state index contributed by atoms with van der Waals surface area (Å²) in [5.41, 5.74) is 0.0953. The first-order chi connectivity index (χ1) is 7.07. The van der Waals surface area contributed by atoms with Crippen LogP contribution >= 0.6 is 0 Å². The van der Waals surface area contributed by atoms with E-state index >= 15 is 0 Å². The molecular formula is C13H25NO. The Morgan fingerprint density at radius 3 is 2.67 bits per heavy atom. The van der Waals surface area contributed by atoms with E-state index in [9.17, 15) is 0 Å². The Balaban J connectivity index is 2.52. The lowest BCUT2D eigenvalue weighted by Crippen LogP contribution is -2.29. The maximum atomic E-state index is 5.64. The molecule has 2 nitrogen and oxygen atoms in total. The van der Waals surface area contributed by atoms with E-state index in [4.69, 9.17) is 4.74 Å². The van der Waals surface area contributed by atoms with Gasteiger partial charge >= 0.3 is 0 Å². The van der Waals surface area contributed by atoms with Crippen LogP contribution in [0.25, 0.3) is 0 Å². The van der Waals surface area contributed by atoms with Crippen molar-refractivity contribution in [2.45, 2.75) is 65.3 Å². The molecule has 0 spiro atoms. The van der Waals surface area contributed by atoms with Crippen molar-refractivity contribution < 1.29 is 4.74 Å². The molecule has 0 aromatic carbocycles. The third kappa shape index (κ3) is 4.23. The van der Waals surface area contributed by atoms with Crippen LogP contribution in [0.2, 0.25) is 0 Å². The van der Waals surface area contributed by atoms with E-state index < -0.39 is 0 Å². The van der Waals surface area contributed by atoms with Gasteiger partial charge in [0.15, 0.2) is 5.90 Å². The largest absolute Gasteiger partial charge is 0.481 e. The van der Waals surface area contributed by atoms with Gasteiger partial charge in [-0.1, -0.05) is 33.1 Å². The molecule has 1 aliphatic rings. The molecule has 88 valence electrons. The van der Waals surface area contributed by atoms with Crippen molar-refractivity contribution >= 4 is 5.90 Å². The molecule has 0 aromatic rings. The summed E-state index contributed by atoms with van der Waals surface area (Å²) in [6.45, 7) is 9.73. The summed E-state index contributed by atoms with van der Waals surface area (Å²) in [6.07, 6.45) is 5.86. The number of nitrogens with zero attached hydrogens (tertiary/aromatic N) is 1. The highest BCUT2D eigenvalue weighted by atomic mass is 16.5. The van der Waals surface area contributed by atoms with Crippen LogP contribution in [0.3, 0.4) is 0 Å². The first-order valence-corrected chi connectivity index (χ1v) is 6.29. The lowest BCUT2D eigenvalue weighted by molar-refractivity contribution is 0.216. The minimum absolute atomic E-state index is 0.0953. The molecule has 1 unspecified atom stereocenters. The normalized spacial score (nSPS) is 21.7. The van der Waals surface area contributed by atoms with E-state index in [1.165, 1.54) is 19.3 Å². The summed E-state index contributed by atoms with van der Waals surface area (Å²) in [5.74, 6) is 1.74. The van der Waals surface area contributed by atoms with Crippen LogP contribution in [-0.2, 0) is 4.74 Å². The average Bonchev–Trinajstić information content (AvgIpc) is 2.15. The molecular weight excluding hydrogens is 186 g/mol. The Morgan fingerprint density at radius 2 is 2.13 bits per heavy atom. The highest BCUT2D eigenvalue weighted by Crippen LogP contribution is 2.23. The van der Waals surface area contributed by atoms with Crippen LogP contribution in [0.5, 0.6) is 0 Å². The molecule has 1 atom stereocenters. The maximum Gasteiger partial charge on any atom is 0.183 e. The number of hydrogen-bond acceptors (Lipinski definition) is 2. The van der Waals surface area contributed by atoms with Crippen molar-refractivity contribution in [2.75, 3.05) is 6.61 Å². The molecule has 0 N–H and O–H groups in total. The molecule has 0 fully saturated rings. The number of rotatable bonds is 5. The molecule has 1 rings (SSSR count). The molecule has 0 aliphatic carbocycles. The molecule has 0 aromatic heterocycles. The van der Waals surface area contributed by atoms with E-state index in [0.29, 0.717) is 0 Å². The van der Waals surface area contributed by atoms with E-state index in [1.807, 2.05) is 0 Å². The van der Waals surface area contributed by atoms with Crippen molar-refractivity contribution in [3.8, 4) is 0 Å². The lowest BCUT2D eigenvalue weighted by Gasteiger charge is -2.28. The van der Waals surface area contributed by atoms with Gasteiger partial charge in [0.25, 0.3) is 0 Å². The van der Waals surface area contributed by atoms with Gasteiger partial charge in [-0.05, 0) is 19.8 Å². The second-order valence-corrected chi connectivity index (χ2v) is 5.18. The Morgan fingerprint density at radius 1 is 1.40 bits per heavy atom. The van der Waals surface area contributed by atoms with Gasteiger partial charge in [-0.3, -0.25) is 0 Å². The zero-order chi connectivity index (χ0) is 11.3. The van der Waals surface area contributed by atoms with Gasteiger partial charge in [0, 0.05) is 12.8 Å². The van der Waals surface area contributed by atoms with Crippen LogP contribution in [0, 0.1) is 5.92 Å². The van der Waals surface area contributed by atoms with Crippen LogP contribution in [0.15, 0.2) is 4.99 Å². The lowest BCUT2D eigenvalue weighted by atomic mass is 9.95. The first kappa shape index (κ1) is 12.5. The Hall–Kier alpha value is -0.530. The SMILES string of the molecule is CCCC(CC)CC1=NC(C)(C)CCO1. The van der Waals surface area contributed by atoms with Gasteiger partial charge in [-0.25, -0.2) is 4.99 Å². The predicted molar refractivity (Wildman–Crippen MR) is 65.4 cm³/mol. The molecule has 2 heteroatoms. The number of aliphatic imine (C=N–C) groups is 1. The minimum Gasteiger partial charge on any atom is -0.481 e. The molecule has 1 heterocycles. The van der Waals surface area contributed by atoms with Crippen molar-refractivity contribution in [3.05, 3.63) is 0 Å². The smallest absolute Gasteiger partial charge is 0.183 e. The van der Waals surface area contributed by atoms with Gasteiger partial charge in [0.1, 0.15) is 0 Å². The van der Waals surface area contributed by atoms with E-state index in [0.717, 1.165) is 31.3 Å². The van der Waals surface area contributed by atoms with E-state index in [-0.39, 0.29) is 5.54 Å². The van der Waals surface area contributed by atoms with Gasteiger partial charge in [-0.15, -0.1) is 0 Å². The molecule has 1 aliphatic heterocycles. The first-order valence-electron chi connectivity index (χ1n) is 6.29. The maximum absolute atomic E-state index is 5.64. The second-order valence-electron chi connectivity index (χ2n) is 5.18. The summed E-state index contributed by atoms with van der Waals surface area (Å²) in [7, 11) is 0. The Kier molecular flexibility index (Phi) is 4.62. The molecule has 0 saturated carbocycles.